The van der Waals surface area contributed by atoms with Crippen molar-refractivity contribution in [1.29, 1.82) is 0 Å². The van der Waals surface area contributed by atoms with E-state index < -0.39 is 0 Å². The zero-order chi connectivity index (χ0) is 13.7. The molecule has 0 aliphatic rings. The van der Waals surface area contributed by atoms with E-state index in [-0.39, 0.29) is 11.9 Å². The molecule has 1 N–H and O–H groups in total. The van der Waals surface area contributed by atoms with Crippen molar-refractivity contribution in [2.75, 3.05) is 0 Å². The van der Waals surface area contributed by atoms with Crippen LogP contribution >= 0.6 is 11.6 Å². The molecule has 0 fully saturated rings. The number of hydrogen-bond acceptors (Lipinski definition) is 2. The molecule has 5 heteroatoms. The van der Waals surface area contributed by atoms with Crippen LogP contribution < -0.4 is 5.32 Å². The van der Waals surface area contributed by atoms with Gasteiger partial charge in [-0.3, -0.25) is 9.48 Å². The van der Waals surface area contributed by atoms with Crippen LogP contribution in [0.4, 0.5) is 0 Å². The second-order valence-electron chi connectivity index (χ2n) is 4.33. The number of nitrogens with one attached hydrogen (secondary N) is 1. The van der Waals surface area contributed by atoms with Crippen molar-refractivity contribution in [3.63, 3.8) is 0 Å². The van der Waals surface area contributed by atoms with E-state index in [4.69, 9.17) is 11.6 Å². The molecule has 0 radical (unpaired) electrons. The number of nitrogens with zero attached hydrogens (tertiary/aromatic N) is 2. The first-order chi connectivity index (χ1) is 9.16. The predicted molar refractivity (Wildman–Crippen MR) is 74.9 cm³/mol. The topological polar surface area (TPSA) is 46.9 Å². The van der Waals surface area contributed by atoms with Gasteiger partial charge < -0.3 is 5.32 Å². The van der Waals surface area contributed by atoms with Crippen molar-refractivity contribution in [2.24, 2.45) is 0 Å². The van der Waals surface area contributed by atoms with E-state index in [2.05, 4.69) is 10.4 Å². The van der Waals surface area contributed by atoms with E-state index in [9.17, 15) is 4.79 Å². The Hall–Kier alpha value is -1.81. The Morgan fingerprint density at radius 3 is 2.89 bits per heavy atom. The summed E-state index contributed by atoms with van der Waals surface area (Å²) in [5.74, 6) is -0.0112. The number of hydrogen-bond donors (Lipinski definition) is 1. The Labute approximate surface area is 117 Å². The summed E-state index contributed by atoms with van der Waals surface area (Å²) in [6.45, 7) is 2.50. The smallest absolute Gasteiger partial charge is 0.222 e. The maximum Gasteiger partial charge on any atom is 0.222 e. The normalized spacial score (nSPS) is 12.1. The highest BCUT2D eigenvalue weighted by molar-refractivity contribution is 6.31. The van der Waals surface area contributed by atoms with Crippen molar-refractivity contribution in [1.82, 2.24) is 15.1 Å². The first kappa shape index (κ1) is 13.6. The number of halogens is 1. The van der Waals surface area contributed by atoms with Crippen molar-refractivity contribution in [3.05, 3.63) is 53.3 Å². The fourth-order valence-electron chi connectivity index (χ4n) is 1.87. The minimum Gasteiger partial charge on any atom is -0.349 e. The standard InChI is InChI=1S/C14H16ClN3O/c1-11(12-5-2-3-6-13(12)15)17-14(19)7-10-18-9-4-8-16-18/h2-6,8-9,11H,7,10H2,1H3,(H,17,19). The van der Waals surface area contributed by atoms with Crippen LogP contribution in [0.25, 0.3) is 0 Å². The lowest BCUT2D eigenvalue weighted by Crippen LogP contribution is -2.27. The van der Waals surface area contributed by atoms with E-state index in [1.54, 1.807) is 10.9 Å². The largest absolute Gasteiger partial charge is 0.349 e. The molecule has 1 aromatic carbocycles. The summed E-state index contributed by atoms with van der Waals surface area (Å²) in [5, 5.41) is 7.66. The molecular weight excluding hydrogens is 262 g/mol. The molecule has 1 aromatic heterocycles. The van der Waals surface area contributed by atoms with Gasteiger partial charge in [0.1, 0.15) is 0 Å². The monoisotopic (exact) mass is 277 g/mol. The second-order valence-corrected chi connectivity index (χ2v) is 4.74. The molecule has 0 bridgehead atoms. The van der Waals surface area contributed by atoms with Crippen molar-refractivity contribution >= 4 is 17.5 Å². The Morgan fingerprint density at radius 2 is 2.21 bits per heavy atom. The van der Waals surface area contributed by atoms with Crippen LogP contribution in [0, 0.1) is 0 Å². The maximum absolute atomic E-state index is 11.8. The van der Waals surface area contributed by atoms with Crippen LogP contribution in [0.2, 0.25) is 5.02 Å². The van der Waals surface area contributed by atoms with Crippen LogP contribution in [0.1, 0.15) is 24.9 Å². The summed E-state index contributed by atoms with van der Waals surface area (Å²) in [4.78, 5) is 11.8. The molecular formula is C14H16ClN3O. The molecule has 2 rings (SSSR count). The van der Waals surface area contributed by atoms with E-state index in [0.717, 1.165) is 5.56 Å². The van der Waals surface area contributed by atoms with Crippen LogP contribution in [0.15, 0.2) is 42.7 Å². The second kappa shape index (κ2) is 6.38. The van der Waals surface area contributed by atoms with Gasteiger partial charge in [-0.25, -0.2) is 0 Å². The summed E-state index contributed by atoms with van der Waals surface area (Å²) in [6.07, 6.45) is 3.94. The predicted octanol–water partition coefficient (Wildman–Crippen LogP) is 2.80. The fraction of sp³-hybridized carbons (Fsp3) is 0.286. The van der Waals surface area contributed by atoms with E-state index in [1.807, 2.05) is 43.5 Å². The number of aryl methyl sites for hydroxylation is 1. The number of rotatable bonds is 5. The van der Waals surface area contributed by atoms with Gasteiger partial charge in [0.25, 0.3) is 0 Å². The van der Waals surface area contributed by atoms with E-state index in [0.29, 0.717) is 18.0 Å². The average molecular weight is 278 g/mol. The minimum absolute atomic E-state index is 0.0112. The summed E-state index contributed by atoms with van der Waals surface area (Å²) >= 11 is 6.10. The number of benzene rings is 1. The summed E-state index contributed by atoms with van der Waals surface area (Å²) in [7, 11) is 0. The van der Waals surface area contributed by atoms with Crippen LogP contribution in [-0.2, 0) is 11.3 Å². The maximum atomic E-state index is 11.8. The molecule has 4 nitrogen and oxygen atoms in total. The van der Waals surface area contributed by atoms with Gasteiger partial charge in [0.2, 0.25) is 5.91 Å². The highest BCUT2D eigenvalue weighted by Gasteiger charge is 2.11. The molecule has 0 aliphatic heterocycles. The summed E-state index contributed by atoms with van der Waals surface area (Å²) in [5.41, 5.74) is 0.927. The average Bonchev–Trinajstić information content (AvgIpc) is 2.90. The molecule has 1 heterocycles. The first-order valence-corrected chi connectivity index (χ1v) is 6.56. The Kier molecular flexibility index (Phi) is 4.58. The Balaban J connectivity index is 1.87. The Bertz CT molecular complexity index is 539. The fourth-order valence-corrected chi connectivity index (χ4v) is 2.17. The van der Waals surface area contributed by atoms with Gasteiger partial charge >= 0.3 is 0 Å². The molecule has 0 spiro atoms. The molecule has 1 atom stereocenters. The molecule has 19 heavy (non-hydrogen) atoms. The van der Waals surface area contributed by atoms with Gasteiger partial charge in [0.15, 0.2) is 0 Å². The van der Waals surface area contributed by atoms with Crippen LogP contribution in [0.5, 0.6) is 0 Å². The first-order valence-electron chi connectivity index (χ1n) is 6.18. The van der Waals surface area contributed by atoms with Crippen molar-refractivity contribution in [2.45, 2.75) is 25.9 Å². The number of amides is 1. The molecule has 1 unspecified atom stereocenters. The lowest BCUT2D eigenvalue weighted by atomic mass is 10.1. The molecule has 1 amide bonds. The molecule has 0 aliphatic carbocycles. The minimum atomic E-state index is -0.0983. The molecule has 100 valence electrons. The summed E-state index contributed by atoms with van der Waals surface area (Å²) < 4.78 is 1.74. The molecule has 0 saturated heterocycles. The number of aromatic nitrogens is 2. The third-order valence-corrected chi connectivity index (χ3v) is 3.22. The van der Waals surface area contributed by atoms with Gasteiger partial charge in [0, 0.05) is 30.4 Å². The zero-order valence-corrected chi connectivity index (χ0v) is 11.5. The SMILES string of the molecule is CC(NC(=O)CCn1cccn1)c1ccccc1Cl. The van der Waals surface area contributed by atoms with E-state index in [1.165, 1.54) is 0 Å². The van der Waals surface area contributed by atoms with Gasteiger partial charge in [-0.05, 0) is 24.6 Å². The Morgan fingerprint density at radius 1 is 1.42 bits per heavy atom. The lowest BCUT2D eigenvalue weighted by Gasteiger charge is -2.15. The van der Waals surface area contributed by atoms with Crippen molar-refractivity contribution < 1.29 is 4.79 Å². The molecule has 2 aromatic rings. The molecule has 0 saturated carbocycles. The zero-order valence-electron chi connectivity index (χ0n) is 10.7. The van der Waals surface area contributed by atoms with Crippen LogP contribution in [0.3, 0.4) is 0 Å². The third kappa shape index (κ3) is 3.83. The van der Waals surface area contributed by atoms with E-state index >= 15 is 0 Å². The van der Waals surface area contributed by atoms with Crippen LogP contribution in [-0.4, -0.2) is 15.7 Å². The summed E-state index contributed by atoms with van der Waals surface area (Å²) in [6, 6.07) is 9.26. The van der Waals surface area contributed by atoms with Gasteiger partial charge in [-0.15, -0.1) is 0 Å². The lowest BCUT2D eigenvalue weighted by molar-refractivity contribution is -0.122. The quantitative estimate of drug-likeness (QED) is 0.913. The highest BCUT2D eigenvalue weighted by Crippen LogP contribution is 2.22. The van der Waals surface area contributed by atoms with Gasteiger partial charge in [0.05, 0.1) is 6.04 Å². The van der Waals surface area contributed by atoms with Crippen molar-refractivity contribution in [3.8, 4) is 0 Å². The number of carbonyl (C=O) groups excluding carboxylic acids is 1. The van der Waals surface area contributed by atoms with Gasteiger partial charge in [-0.1, -0.05) is 29.8 Å². The third-order valence-electron chi connectivity index (χ3n) is 2.88. The highest BCUT2D eigenvalue weighted by atomic mass is 35.5. The van der Waals surface area contributed by atoms with Gasteiger partial charge in [-0.2, -0.15) is 5.10 Å². The number of carbonyl (C=O) groups is 1.